The molecule has 0 fully saturated rings. The normalized spacial score (nSPS) is 21.8. The van der Waals surface area contributed by atoms with Crippen LogP contribution in [0.2, 0.25) is 10.0 Å². The van der Waals surface area contributed by atoms with E-state index in [0.717, 1.165) is 25.3 Å². The van der Waals surface area contributed by atoms with E-state index in [1.54, 1.807) is 0 Å². The van der Waals surface area contributed by atoms with E-state index < -0.39 is 35.8 Å². The molecule has 0 aliphatic carbocycles. The third-order valence-corrected chi connectivity index (χ3v) is 5.84. The van der Waals surface area contributed by atoms with E-state index in [9.17, 15) is 22.4 Å². The molecule has 1 aliphatic rings. The minimum atomic E-state index is -4.90. The summed E-state index contributed by atoms with van der Waals surface area (Å²) in [6, 6.07) is 7.09. The maximum absolute atomic E-state index is 14.5. The Morgan fingerprint density at radius 1 is 1.21 bits per heavy atom. The monoisotopic (exact) mass is 511 g/mol. The molecule has 3 nitrogen and oxygen atoms in total. The molecule has 29 heavy (non-hydrogen) atoms. The molecule has 0 bridgehead atoms. The van der Waals surface area contributed by atoms with Crippen molar-refractivity contribution < 1.29 is 27.1 Å². The highest BCUT2D eigenvalue weighted by Gasteiger charge is 2.67. The maximum atomic E-state index is 14.5. The number of hydrogen-bond donors (Lipinski definition) is 0. The fourth-order valence-corrected chi connectivity index (χ4v) is 4.36. The van der Waals surface area contributed by atoms with Crippen molar-refractivity contribution in [2.75, 3.05) is 13.7 Å². The number of aliphatic imine (C=N–C) groups is 1. The zero-order valence-electron chi connectivity index (χ0n) is 14.7. The molecule has 0 amide bonds. The van der Waals surface area contributed by atoms with Gasteiger partial charge in [-0.05, 0) is 57.4 Å². The van der Waals surface area contributed by atoms with Gasteiger partial charge in [-0.15, -0.1) is 0 Å². The zero-order chi connectivity index (χ0) is 21.6. The molecule has 10 heteroatoms. The number of rotatable bonds is 3. The molecule has 2 unspecified atom stereocenters. The molecule has 0 saturated carbocycles. The van der Waals surface area contributed by atoms with E-state index in [0.29, 0.717) is 0 Å². The Hall–Kier alpha value is -1.64. The van der Waals surface area contributed by atoms with Crippen LogP contribution in [0.5, 0.6) is 0 Å². The van der Waals surface area contributed by atoms with E-state index in [-0.39, 0.29) is 31.4 Å². The SMILES string of the molecule is COC(=O)C1C(c2ccc(F)c(Br)c2)=NCC1(c1cc(Cl)cc(Cl)c1)C(F)(F)F. The number of halogens is 7. The molecule has 0 saturated heterocycles. The molecule has 0 aromatic heterocycles. The number of carbonyl (C=O) groups excluding carboxylic acids is 1. The fourth-order valence-electron chi connectivity index (χ4n) is 3.46. The van der Waals surface area contributed by atoms with Crippen LogP contribution < -0.4 is 0 Å². The summed E-state index contributed by atoms with van der Waals surface area (Å²) in [6.45, 7) is -0.780. The largest absolute Gasteiger partial charge is 0.468 e. The van der Waals surface area contributed by atoms with Crippen LogP contribution >= 0.6 is 39.1 Å². The number of carbonyl (C=O) groups is 1. The van der Waals surface area contributed by atoms with Crippen molar-refractivity contribution in [1.29, 1.82) is 0 Å². The molecule has 2 aromatic carbocycles. The molecule has 0 spiro atoms. The minimum Gasteiger partial charge on any atom is -0.468 e. The van der Waals surface area contributed by atoms with Crippen molar-refractivity contribution in [3.63, 3.8) is 0 Å². The lowest BCUT2D eigenvalue weighted by atomic mass is 9.68. The Morgan fingerprint density at radius 2 is 1.83 bits per heavy atom. The van der Waals surface area contributed by atoms with Crippen molar-refractivity contribution in [3.05, 3.63) is 67.9 Å². The smallest absolute Gasteiger partial charge is 0.401 e. The quantitative estimate of drug-likeness (QED) is 0.374. The first-order valence-corrected chi connectivity index (χ1v) is 9.67. The van der Waals surface area contributed by atoms with Gasteiger partial charge in [-0.2, -0.15) is 13.2 Å². The Morgan fingerprint density at radius 3 is 2.34 bits per heavy atom. The number of nitrogens with zero attached hydrogens (tertiary/aromatic N) is 1. The lowest BCUT2D eigenvalue weighted by Gasteiger charge is -2.36. The van der Waals surface area contributed by atoms with Gasteiger partial charge in [-0.25, -0.2) is 4.39 Å². The Kier molecular flexibility index (Phi) is 6.00. The minimum absolute atomic E-state index is 0.0160. The molecule has 2 atom stereocenters. The van der Waals surface area contributed by atoms with Gasteiger partial charge < -0.3 is 4.74 Å². The summed E-state index contributed by atoms with van der Waals surface area (Å²) in [7, 11) is 0.991. The first kappa shape index (κ1) is 22.1. The zero-order valence-corrected chi connectivity index (χ0v) is 17.8. The van der Waals surface area contributed by atoms with E-state index in [4.69, 9.17) is 27.9 Å². The molecular formula is C19H12BrCl2F4NO2. The molecule has 154 valence electrons. The van der Waals surface area contributed by atoms with Crippen LogP contribution in [-0.2, 0) is 14.9 Å². The van der Waals surface area contributed by atoms with Gasteiger partial charge in [0.25, 0.3) is 0 Å². The van der Waals surface area contributed by atoms with Gasteiger partial charge in [0, 0.05) is 10.0 Å². The number of hydrogen-bond acceptors (Lipinski definition) is 3. The van der Waals surface area contributed by atoms with E-state index in [2.05, 4.69) is 20.9 Å². The van der Waals surface area contributed by atoms with Crippen LogP contribution in [0.3, 0.4) is 0 Å². The van der Waals surface area contributed by atoms with Crippen molar-refractivity contribution in [1.82, 2.24) is 0 Å². The molecule has 2 aromatic rings. The number of methoxy groups -OCH3 is 1. The lowest BCUT2D eigenvalue weighted by molar-refractivity contribution is -0.200. The standard InChI is InChI=1S/C19H12BrCl2F4NO2/c1-29-17(28)15-16(9-2-3-14(23)13(20)4-9)27-8-18(15,19(24,25)26)10-5-11(21)7-12(22)6-10/h2-7,15H,8H2,1H3. The van der Waals surface area contributed by atoms with Crippen LogP contribution in [-0.4, -0.2) is 31.5 Å². The van der Waals surface area contributed by atoms with Gasteiger partial charge in [0.15, 0.2) is 0 Å². The highest BCUT2D eigenvalue weighted by atomic mass is 79.9. The molecule has 0 radical (unpaired) electrons. The topological polar surface area (TPSA) is 38.7 Å². The summed E-state index contributed by atoms with van der Waals surface area (Å²) in [5, 5.41) is -0.0320. The van der Waals surface area contributed by atoms with E-state index >= 15 is 0 Å². The van der Waals surface area contributed by atoms with E-state index in [1.807, 2.05) is 0 Å². The van der Waals surface area contributed by atoms with Gasteiger partial charge in [-0.1, -0.05) is 29.3 Å². The number of ether oxygens (including phenoxy) is 1. The van der Waals surface area contributed by atoms with Crippen LogP contribution in [0.15, 0.2) is 45.9 Å². The average Bonchev–Trinajstić information content (AvgIpc) is 3.04. The first-order chi connectivity index (χ1) is 13.5. The second kappa shape index (κ2) is 7.89. The predicted molar refractivity (Wildman–Crippen MR) is 105 cm³/mol. The van der Waals surface area contributed by atoms with Crippen LogP contribution in [0.25, 0.3) is 0 Å². The van der Waals surface area contributed by atoms with Crippen molar-refractivity contribution >= 4 is 50.8 Å². The second-order valence-corrected chi connectivity index (χ2v) is 8.14. The second-order valence-electron chi connectivity index (χ2n) is 6.41. The van der Waals surface area contributed by atoms with Gasteiger partial charge >= 0.3 is 12.1 Å². The third kappa shape index (κ3) is 3.78. The lowest BCUT2D eigenvalue weighted by Crippen LogP contribution is -2.53. The summed E-state index contributed by atoms with van der Waals surface area (Å²) in [5.74, 6) is -3.57. The summed E-state index contributed by atoms with van der Waals surface area (Å²) in [4.78, 5) is 16.6. The fraction of sp³-hybridized carbons (Fsp3) is 0.263. The number of benzene rings is 2. The maximum Gasteiger partial charge on any atom is 0.401 e. The molecule has 1 heterocycles. The highest BCUT2D eigenvalue weighted by Crippen LogP contribution is 2.52. The molecule has 1 aliphatic heterocycles. The van der Waals surface area contributed by atoms with Gasteiger partial charge in [0.1, 0.15) is 17.2 Å². The van der Waals surface area contributed by atoms with Gasteiger partial charge in [-0.3, -0.25) is 9.79 Å². The summed E-state index contributed by atoms with van der Waals surface area (Å²) >= 11 is 14.9. The molecular weight excluding hydrogens is 501 g/mol. The van der Waals surface area contributed by atoms with Crippen molar-refractivity contribution in [2.24, 2.45) is 10.9 Å². The predicted octanol–water partition coefficient (Wildman–Crippen LogP) is 5.99. The summed E-state index contributed by atoms with van der Waals surface area (Å²) < 4.78 is 61.9. The molecule has 0 N–H and O–H groups in total. The third-order valence-electron chi connectivity index (χ3n) is 4.80. The average molecular weight is 513 g/mol. The number of esters is 1. The van der Waals surface area contributed by atoms with Crippen molar-refractivity contribution in [2.45, 2.75) is 11.6 Å². The van der Waals surface area contributed by atoms with Crippen LogP contribution in [0.1, 0.15) is 11.1 Å². The van der Waals surface area contributed by atoms with Gasteiger partial charge in [0.05, 0.1) is 23.8 Å². The summed E-state index contributed by atoms with van der Waals surface area (Å²) in [5.41, 5.74) is -3.05. The Labute approximate surface area is 181 Å². The van der Waals surface area contributed by atoms with Crippen LogP contribution in [0, 0.1) is 11.7 Å². The van der Waals surface area contributed by atoms with Gasteiger partial charge in [0.2, 0.25) is 0 Å². The first-order valence-electron chi connectivity index (χ1n) is 8.12. The summed E-state index contributed by atoms with van der Waals surface area (Å²) in [6.07, 6.45) is -4.90. The highest BCUT2D eigenvalue weighted by molar-refractivity contribution is 9.10. The Balaban J connectivity index is 2.26. The molecule has 3 rings (SSSR count). The number of alkyl halides is 3. The van der Waals surface area contributed by atoms with Crippen molar-refractivity contribution in [3.8, 4) is 0 Å². The Bertz CT molecular complexity index is 992. The van der Waals surface area contributed by atoms with E-state index in [1.165, 1.54) is 18.2 Å². The van der Waals surface area contributed by atoms with Crippen LogP contribution in [0.4, 0.5) is 17.6 Å².